The maximum absolute atomic E-state index is 13.8. The second-order valence-electron chi connectivity index (χ2n) is 4.20. The molecule has 1 aromatic carbocycles. The van der Waals surface area contributed by atoms with Gasteiger partial charge in [0.05, 0.1) is 5.02 Å². The molecule has 0 aliphatic rings. The fraction of sp³-hybridized carbons (Fsp3) is 0.214. The van der Waals surface area contributed by atoms with Gasteiger partial charge in [-0.3, -0.25) is 4.98 Å². The lowest BCUT2D eigenvalue weighted by molar-refractivity contribution is 0.592. The molecule has 0 fully saturated rings. The van der Waals surface area contributed by atoms with Crippen LogP contribution in [0.4, 0.5) is 4.39 Å². The standard InChI is InChI=1S/C14H14ClFN2/c1-9-11(5-3-7-18-9)13(17)8-10-4-2-6-12(15)14(10)16/h2-7,13H,8,17H2,1H3. The summed E-state index contributed by atoms with van der Waals surface area (Å²) in [4.78, 5) is 4.18. The van der Waals surface area contributed by atoms with E-state index in [1.807, 2.05) is 19.1 Å². The van der Waals surface area contributed by atoms with Gasteiger partial charge in [0.1, 0.15) is 5.82 Å². The van der Waals surface area contributed by atoms with Crippen molar-refractivity contribution in [3.05, 3.63) is 64.2 Å². The number of rotatable bonds is 3. The van der Waals surface area contributed by atoms with Gasteiger partial charge in [0, 0.05) is 17.9 Å². The number of aryl methyl sites for hydroxylation is 1. The fourth-order valence-corrected chi connectivity index (χ4v) is 2.14. The number of hydrogen-bond donors (Lipinski definition) is 1. The van der Waals surface area contributed by atoms with Crippen LogP contribution in [0, 0.1) is 12.7 Å². The van der Waals surface area contributed by atoms with E-state index in [0.717, 1.165) is 11.3 Å². The molecule has 0 saturated carbocycles. The Balaban J connectivity index is 2.24. The predicted molar refractivity (Wildman–Crippen MR) is 71.0 cm³/mol. The Labute approximate surface area is 111 Å². The Morgan fingerprint density at radius 1 is 1.33 bits per heavy atom. The van der Waals surface area contributed by atoms with Crippen LogP contribution in [0.2, 0.25) is 5.02 Å². The minimum Gasteiger partial charge on any atom is -0.324 e. The third-order valence-corrected chi connectivity index (χ3v) is 3.21. The molecular formula is C14H14ClFN2. The van der Waals surface area contributed by atoms with E-state index < -0.39 is 5.82 Å². The van der Waals surface area contributed by atoms with E-state index in [9.17, 15) is 4.39 Å². The third-order valence-electron chi connectivity index (χ3n) is 2.92. The van der Waals surface area contributed by atoms with Gasteiger partial charge in [-0.05, 0) is 36.6 Å². The summed E-state index contributed by atoms with van der Waals surface area (Å²) in [5.74, 6) is -0.392. The molecular weight excluding hydrogens is 251 g/mol. The first kappa shape index (κ1) is 13.0. The number of hydrogen-bond acceptors (Lipinski definition) is 2. The van der Waals surface area contributed by atoms with E-state index in [1.165, 1.54) is 6.07 Å². The summed E-state index contributed by atoms with van der Waals surface area (Å²) >= 11 is 5.75. The monoisotopic (exact) mass is 264 g/mol. The second-order valence-corrected chi connectivity index (χ2v) is 4.61. The van der Waals surface area contributed by atoms with Crippen LogP contribution in [0.15, 0.2) is 36.5 Å². The lowest BCUT2D eigenvalue weighted by Gasteiger charge is -2.14. The van der Waals surface area contributed by atoms with Gasteiger partial charge in [0.25, 0.3) is 0 Å². The van der Waals surface area contributed by atoms with Crippen LogP contribution in [-0.2, 0) is 6.42 Å². The van der Waals surface area contributed by atoms with Crippen LogP contribution in [0.3, 0.4) is 0 Å². The molecule has 2 rings (SSSR count). The zero-order valence-electron chi connectivity index (χ0n) is 10.0. The van der Waals surface area contributed by atoms with Gasteiger partial charge in [-0.1, -0.05) is 29.8 Å². The number of pyridine rings is 1. The summed E-state index contributed by atoms with van der Waals surface area (Å²) in [5, 5.41) is 0.127. The van der Waals surface area contributed by atoms with Crippen LogP contribution in [0.25, 0.3) is 0 Å². The summed E-state index contributed by atoms with van der Waals surface area (Å²) in [5.41, 5.74) is 8.42. The maximum atomic E-state index is 13.8. The highest BCUT2D eigenvalue weighted by Crippen LogP contribution is 2.23. The summed E-state index contributed by atoms with van der Waals surface area (Å²) in [6.45, 7) is 1.89. The summed E-state index contributed by atoms with van der Waals surface area (Å²) in [6, 6.07) is 8.41. The summed E-state index contributed by atoms with van der Waals surface area (Å²) in [7, 11) is 0. The van der Waals surface area contributed by atoms with Crippen molar-refractivity contribution in [3.63, 3.8) is 0 Å². The van der Waals surface area contributed by atoms with Gasteiger partial charge in [-0.15, -0.1) is 0 Å². The molecule has 1 unspecified atom stereocenters. The van der Waals surface area contributed by atoms with Gasteiger partial charge in [0.15, 0.2) is 0 Å². The van der Waals surface area contributed by atoms with Crippen molar-refractivity contribution in [1.82, 2.24) is 4.98 Å². The molecule has 0 radical (unpaired) electrons. The molecule has 1 atom stereocenters. The van der Waals surface area contributed by atoms with E-state index >= 15 is 0 Å². The Kier molecular flexibility index (Phi) is 3.94. The molecule has 0 bridgehead atoms. The van der Waals surface area contributed by atoms with Gasteiger partial charge in [-0.25, -0.2) is 4.39 Å². The quantitative estimate of drug-likeness (QED) is 0.923. The van der Waals surface area contributed by atoms with Gasteiger partial charge in [0.2, 0.25) is 0 Å². The molecule has 0 amide bonds. The molecule has 2 N–H and O–H groups in total. The van der Waals surface area contributed by atoms with Crippen LogP contribution in [0.1, 0.15) is 22.9 Å². The van der Waals surface area contributed by atoms with Crippen molar-refractivity contribution < 1.29 is 4.39 Å². The fourth-order valence-electron chi connectivity index (χ4n) is 1.94. The molecule has 0 spiro atoms. The van der Waals surface area contributed by atoms with Crippen molar-refractivity contribution in [3.8, 4) is 0 Å². The highest BCUT2D eigenvalue weighted by molar-refractivity contribution is 6.30. The Hall–Kier alpha value is -1.45. The highest BCUT2D eigenvalue weighted by atomic mass is 35.5. The maximum Gasteiger partial charge on any atom is 0.145 e. The number of nitrogens with zero attached hydrogens (tertiary/aromatic N) is 1. The van der Waals surface area contributed by atoms with E-state index in [-0.39, 0.29) is 11.1 Å². The highest BCUT2D eigenvalue weighted by Gasteiger charge is 2.14. The largest absolute Gasteiger partial charge is 0.324 e. The van der Waals surface area contributed by atoms with E-state index in [0.29, 0.717) is 12.0 Å². The molecule has 0 aliphatic heterocycles. The van der Waals surface area contributed by atoms with Crippen LogP contribution < -0.4 is 5.73 Å². The second kappa shape index (κ2) is 5.46. The molecule has 1 aromatic heterocycles. The first-order chi connectivity index (χ1) is 8.59. The zero-order chi connectivity index (χ0) is 13.1. The minimum atomic E-state index is -0.392. The smallest absolute Gasteiger partial charge is 0.145 e. The van der Waals surface area contributed by atoms with Crippen molar-refractivity contribution >= 4 is 11.6 Å². The lowest BCUT2D eigenvalue weighted by Crippen LogP contribution is -2.16. The average molecular weight is 265 g/mol. The van der Waals surface area contributed by atoms with E-state index in [1.54, 1.807) is 18.3 Å². The van der Waals surface area contributed by atoms with Crippen molar-refractivity contribution in [1.29, 1.82) is 0 Å². The molecule has 0 saturated heterocycles. The zero-order valence-corrected chi connectivity index (χ0v) is 10.8. The van der Waals surface area contributed by atoms with Gasteiger partial charge in [-0.2, -0.15) is 0 Å². The van der Waals surface area contributed by atoms with E-state index in [2.05, 4.69) is 4.98 Å². The van der Waals surface area contributed by atoms with Crippen LogP contribution in [0.5, 0.6) is 0 Å². The SMILES string of the molecule is Cc1ncccc1C(N)Cc1cccc(Cl)c1F. The summed E-state index contributed by atoms with van der Waals surface area (Å²) < 4.78 is 13.8. The molecule has 2 nitrogen and oxygen atoms in total. The van der Waals surface area contributed by atoms with Crippen LogP contribution in [-0.4, -0.2) is 4.98 Å². The summed E-state index contributed by atoms with van der Waals surface area (Å²) in [6.07, 6.45) is 2.12. The number of halogens is 2. The lowest BCUT2D eigenvalue weighted by atomic mass is 9.98. The minimum absolute atomic E-state index is 0.127. The molecule has 0 aliphatic carbocycles. The number of nitrogens with two attached hydrogens (primary N) is 1. The van der Waals surface area contributed by atoms with Crippen LogP contribution >= 0.6 is 11.6 Å². The first-order valence-corrected chi connectivity index (χ1v) is 6.07. The van der Waals surface area contributed by atoms with Crippen molar-refractivity contribution in [2.45, 2.75) is 19.4 Å². The average Bonchev–Trinajstić information content (AvgIpc) is 2.35. The topological polar surface area (TPSA) is 38.9 Å². The Morgan fingerprint density at radius 3 is 2.83 bits per heavy atom. The van der Waals surface area contributed by atoms with Crippen molar-refractivity contribution in [2.24, 2.45) is 5.73 Å². The molecule has 4 heteroatoms. The molecule has 2 aromatic rings. The van der Waals surface area contributed by atoms with Crippen molar-refractivity contribution in [2.75, 3.05) is 0 Å². The normalized spacial score (nSPS) is 12.4. The predicted octanol–water partition coefficient (Wildman–Crippen LogP) is 3.43. The number of aromatic nitrogens is 1. The first-order valence-electron chi connectivity index (χ1n) is 5.69. The van der Waals surface area contributed by atoms with E-state index in [4.69, 9.17) is 17.3 Å². The Bertz CT molecular complexity index is 557. The van der Waals surface area contributed by atoms with Gasteiger partial charge >= 0.3 is 0 Å². The molecule has 1 heterocycles. The third kappa shape index (κ3) is 2.68. The molecule has 18 heavy (non-hydrogen) atoms. The Morgan fingerprint density at radius 2 is 2.11 bits per heavy atom. The number of benzene rings is 1. The molecule has 94 valence electrons. The van der Waals surface area contributed by atoms with Gasteiger partial charge < -0.3 is 5.73 Å².